The molecular formula is C22H25N5O2. The van der Waals surface area contributed by atoms with Gasteiger partial charge in [0.15, 0.2) is 0 Å². The number of carbonyl (C=O) groups is 1. The molecule has 1 amide bonds. The summed E-state index contributed by atoms with van der Waals surface area (Å²) in [5.74, 6) is 1.59. The van der Waals surface area contributed by atoms with Crippen LogP contribution in [-0.4, -0.2) is 40.2 Å². The summed E-state index contributed by atoms with van der Waals surface area (Å²) in [5.41, 5.74) is 2.26. The Labute approximate surface area is 169 Å². The third-order valence-corrected chi connectivity index (χ3v) is 5.58. The third kappa shape index (κ3) is 3.95. The number of carbonyl (C=O) groups excluding carboxylic acids is 1. The van der Waals surface area contributed by atoms with Crippen molar-refractivity contribution < 1.29 is 9.32 Å². The molecule has 3 aromatic rings. The number of piperidine rings is 1. The van der Waals surface area contributed by atoms with E-state index in [1.54, 1.807) is 0 Å². The number of benzene rings is 1. The maximum absolute atomic E-state index is 12.1. The van der Waals surface area contributed by atoms with Crippen LogP contribution in [0.15, 0.2) is 34.9 Å². The zero-order valence-electron chi connectivity index (χ0n) is 16.4. The molecule has 2 aromatic heterocycles. The van der Waals surface area contributed by atoms with Crippen molar-refractivity contribution in [3.63, 3.8) is 0 Å². The predicted molar refractivity (Wildman–Crippen MR) is 111 cm³/mol. The van der Waals surface area contributed by atoms with Gasteiger partial charge in [0.05, 0.1) is 0 Å². The monoisotopic (exact) mass is 391 g/mol. The minimum Gasteiger partial charge on any atom is -0.356 e. The first kappa shape index (κ1) is 18.1. The zero-order chi connectivity index (χ0) is 19.6. The second kappa shape index (κ2) is 7.81. The molecule has 0 bridgehead atoms. The Balaban J connectivity index is 1.50. The van der Waals surface area contributed by atoms with Crippen LogP contribution in [0.4, 0.5) is 5.82 Å². The number of fused-ring (bicyclic) bond motifs is 1. The molecule has 1 aliphatic heterocycles. The van der Waals surface area contributed by atoms with E-state index in [1.807, 2.05) is 30.3 Å². The van der Waals surface area contributed by atoms with E-state index >= 15 is 0 Å². The fourth-order valence-corrected chi connectivity index (χ4v) is 3.87. The van der Waals surface area contributed by atoms with Gasteiger partial charge in [-0.3, -0.25) is 4.79 Å². The number of nitrogens with zero attached hydrogens (tertiary/aromatic N) is 4. The topological polar surface area (TPSA) is 84.2 Å². The van der Waals surface area contributed by atoms with E-state index in [-0.39, 0.29) is 5.91 Å². The Morgan fingerprint density at radius 2 is 1.90 bits per heavy atom. The highest BCUT2D eigenvalue weighted by atomic mass is 16.5. The van der Waals surface area contributed by atoms with Crippen molar-refractivity contribution in [1.82, 2.24) is 20.4 Å². The Hall–Kier alpha value is -2.96. The van der Waals surface area contributed by atoms with Crippen LogP contribution >= 0.6 is 0 Å². The number of hydrogen-bond acceptors (Lipinski definition) is 6. The molecule has 0 radical (unpaired) electrons. The molecule has 1 saturated carbocycles. The molecule has 29 heavy (non-hydrogen) atoms. The van der Waals surface area contributed by atoms with Gasteiger partial charge in [0, 0.05) is 37.5 Å². The normalized spacial score (nSPS) is 16.9. The molecule has 150 valence electrons. The smallest absolute Gasteiger partial charge is 0.263 e. The Bertz CT molecular complexity index is 1010. The van der Waals surface area contributed by atoms with Crippen molar-refractivity contribution in [2.75, 3.05) is 18.0 Å². The molecule has 3 heterocycles. The SMILES string of the molecule is O=C(CCc1nc(N2CCCCC2)c2c(-c3ccccc3)noc2n1)NC1CC1. The van der Waals surface area contributed by atoms with Gasteiger partial charge in [0.1, 0.15) is 22.7 Å². The Kier molecular flexibility index (Phi) is 4.87. The second-order valence-electron chi connectivity index (χ2n) is 7.93. The van der Waals surface area contributed by atoms with Crippen molar-refractivity contribution >= 4 is 22.8 Å². The highest BCUT2D eigenvalue weighted by Crippen LogP contribution is 2.34. The number of aryl methyl sites for hydroxylation is 1. The fourth-order valence-electron chi connectivity index (χ4n) is 3.87. The van der Waals surface area contributed by atoms with Gasteiger partial charge < -0.3 is 14.7 Å². The van der Waals surface area contributed by atoms with Crippen molar-refractivity contribution in [3.8, 4) is 11.3 Å². The predicted octanol–water partition coefficient (Wildman–Crippen LogP) is 3.49. The van der Waals surface area contributed by atoms with Gasteiger partial charge in [-0.2, -0.15) is 4.98 Å². The Morgan fingerprint density at radius 3 is 2.66 bits per heavy atom. The van der Waals surface area contributed by atoms with Gasteiger partial charge in [-0.1, -0.05) is 35.5 Å². The molecule has 0 unspecified atom stereocenters. The third-order valence-electron chi connectivity index (χ3n) is 5.58. The molecular weight excluding hydrogens is 366 g/mol. The van der Waals surface area contributed by atoms with Crippen molar-refractivity contribution in [2.45, 2.75) is 51.0 Å². The van der Waals surface area contributed by atoms with Gasteiger partial charge in [0.25, 0.3) is 5.71 Å². The summed E-state index contributed by atoms with van der Waals surface area (Å²) in [7, 11) is 0. The van der Waals surface area contributed by atoms with E-state index in [1.165, 1.54) is 6.42 Å². The molecule has 1 saturated heterocycles. The molecule has 7 nitrogen and oxygen atoms in total. The summed E-state index contributed by atoms with van der Waals surface area (Å²) in [6, 6.07) is 10.4. The summed E-state index contributed by atoms with van der Waals surface area (Å²) < 4.78 is 5.63. The van der Waals surface area contributed by atoms with Gasteiger partial charge in [-0.25, -0.2) is 4.98 Å². The summed E-state index contributed by atoms with van der Waals surface area (Å²) in [5, 5.41) is 8.21. The van der Waals surface area contributed by atoms with Crippen LogP contribution in [0.5, 0.6) is 0 Å². The van der Waals surface area contributed by atoms with E-state index in [4.69, 9.17) is 9.51 Å². The minimum absolute atomic E-state index is 0.0678. The van der Waals surface area contributed by atoms with Gasteiger partial charge in [0.2, 0.25) is 5.91 Å². The second-order valence-corrected chi connectivity index (χ2v) is 7.93. The zero-order valence-corrected chi connectivity index (χ0v) is 16.4. The number of nitrogens with one attached hydrogen (secondary N) is 1. The molecule has 5 rings (SSSR count). The van der Waals surface area contributed by atoms with E-state index in [0.29, 0.717) is 30.4 Å². The summed E-state index contributed by atoms with van der Waals surface area (Å²) in [4.78, 5) is 23.9. The Morgan fingerprint density at radius 1 is 1.10 bits per heavy atom. The van der Waals surface area contributed by atoms with Crippen molar-refractivity contribution in [2.24, 2.45) is 0 Å². The number of rotatable bonds is 6. The fraction of sp³-hybridized carbons (Fsp3) is 0.455. The number of amides is 1. The van der Waals surface area contributed by atoms with Crippen LogP contribution in [0.25, 0.3) is 22.4 Å². The summed E-state index contributed by atoms with van der Waals surface area (Å²) in [6.45, 7) is 1.93. The van der Waals surface area contributed by atoms with Gasteiger partial charge in [-0.15, -0.1) is 0 Å². The lowest BCUT2D eigenvalue weighted by atomic mass is 10.1. The van der Waals surface area contributed by atoms with E-state index in [9.17, 15) is 4.79 Å². The van der Waals surface area contributed by atoms with Crippen LogP contribution in [-0.2, 0) is 11.2 Å². The molecule has 7 heteroatoms. The first-order valence-electron chi connectivity index (χ1n) is 10.5. The van der Waals surface area contributed by atoms with Gasteiger partial charge >= 0.3 is 0 Å². The molecule has 0 spiro atoms. The van der Waals surface area contributed by atoms with Crippen molar-refractivity contribution in [3.05, 3.63) is 36.2 Å². The first-order valence-corrected chi connectivity index (χ1v) is 10.5. The van der Waals surface area contributed by atoms with Crippen LogP contribution in [0.1, 0.15) is 44.3 Å². The average molecular weight is 391 g/mol. The maximum Gasteiger partial charge on any atom is 0.263 e. The summed E-state index contributed by atoms with van der Waals surface area (Å²) in [6.07, 6.45) is 6.61. The van der Waals surface area contributed by atoms with E-state index in [2.05, 4.69) is 20.4 Å². The molecule has 1 aliphatic carbocycles. The highest BCUT2D eigenvalue weighted by Gasteiger charge is 2.25. The lowest BCUT2D eigenvalue weighted by Gasteiger charge is -2.28. The number of hydrogen-bond donors (Lipinski definition) is 1. The van der Waals surface area contributed by atoms with Crippen LogP contribution < -0.4 is 10.2 Å². The first-order chi connectivity index (χ1) is 14.3. The molecule has 2 aliphatic rings. The van der Waals surface area contributed by atoms with Crippen LogP contribution in [0.2, 0.25) is 0 Å². The number of aromatic nitrogens is 3. The lowest BCUT2D eigenvalue weighted by molar-refractivity contribution is -0.121. The minimum atomic E-state index is 0.0678. The molecule has 1 N–H and O–H groups in total. The molecule has 2 fully saturated rings. The quantitative estimate of drug-likeness (QED) is 0.692. The molecule has 0 atom stereocenters. The van der Waals surface area contributed by atoms with Gasteiger partial charge in [-0.05, 0) is 32.1 Å². The van der Waals surface area contributed by atoms with Crippen LogP contribution in [0.3, 0.4) is 0 Å². The van der Waals surface area contributed by atoms with E-state index < -0.39 is 0 Å². The highest BCUT2D eigenvalue weighted by molar-refractivity contribution is 5.98. The van der Waals surface area contributed by atoms with Crippen LogP contribution in [0, 0.1) is 0 Å². The lowest BCUT2D eigenvalue weighted by Crippen LogP contribution is -2.31. The largest absolute Gasteiger partial charge is 0.356 e. The molecule has 1 aromatic carbocycles. The standard InChI is InChI=1S/C22H25N5O2/c28-18(23-16-9-10-16)12-11-17-24-21(27-13-5-2-6-14-27)19-20(26-29-22(19)25-17)15-7-3-1-4-8-15/h1,3-4,7-8,16H,2,5-6,9-14H2,(H,23,28). The average Bonchev–Trinajstić information content (AvgIpc) is 3.48. The number of anilines is 1. The van der Waals surface area contributed by atoms with E-state index in [0.717, 1.165) is 61.2 Å². The maximum atomic E-state index is 12.1. The van der Waals surface area contributed by atoms with Crippen molar-refractivity contribution in [1.29, 1.82) is 0 Å². The summed E-state index contributed by atoms with van der Waals surface area (Å²) >= 11 is 0.